The van der Waals surface area contributed by atoms with E-state index in [1.807, 2.05) is 0 Å². The van der Waals surface area contributed by atoms with Crippen LogP contribution in [0.4, 0.5) is 0 Å². The van der Waals surface area contributed by atoms with Gasteiger partial charge >= 0.3 is 0 Å². The van der Waals surface area contributed by atoms with Crippen LogP contribution in [0.15, 0.2) is 24.3 Å². The van der Waals surface area contributed by atoms with Gasteiger partial charge in [-0.05, 0) is 38.5 Å². The van der Waals surface area contributed by atoms with E-state index >= 15 is 0 Å². The minimum absolute atomic E-state index is 1.06. The van der Waals surface area contributed by atoms with E-state index in [-0.39, 0.29) is 0 Å². The van der Waals surface area contributed by atoms with Crippen molar-refractivity contribution in [2.45, 2.75) is 64.7 Å². The molecule has 0 unspecified atom stereocenters. The molecule has 0 heterocycles. The lowest BCUT2D eigenvalue weighted by atomic mass is 10.1. The summed E-state index contributed by atoms with van der Waals surface area (Å²) < 4.78 is 0. The molecule has 0 aliphatic rings. The van der Waals surface area contributed by atoms with Crippen molar-refractivity contribution < 1.29 is 0 Å². The monoisotopic (exact) mass is 207 g/mol. The van der Waals surface area contributed by atoms with E-state index in [0.717, 1.165) is 6.42 Å². The van der Waals surface area contributed by atoms with Crippen LogP contribution >= 0.6 is 0 Å². The molecule has 0 saturated carbocycles. The summed E-state index contributed by atoms with van der Waals surface area (Å²) in [7, 11) is 0. The molecule has 0 amide bonds. The Morgan fingerprint density at radius 2 is 1.27 bits per heavy atom. The smallest absolute Gasteiger partial charge is 0.0316 e. The zero-order valence-electron chi connectivity index (χ0n) is 10.4. The fourth-order valence-electron chi connectivity index (χ4n) is 1.44. The quantitative estimate of drug-likeness (QED) is 0.329. The second-order valence-electron chi connectivity index (χ2n) is 4.01. The first-order chi connectivity index (χ1) is 7.41. The van der Waals surface area contributed by atoms with Crippen molar-refractivity contribution in [1.29, 1.82) is 0 Å². The molecule has 0 aromatic heterocycles. The van der Waals surface area contributed by atoms with Crippen molar-refractivity contribution in [3.05, 3.63) is 31.2 Å². The summed E-state index contributed by atoms with van der Waals surface area (Å²) in [5.41, 5.74) is 0. The Balaban J connectivity index is 3.12. The van der Waals surface area contributed by atoms with Crippen LogP contribution in [-0.4, -0.2) is 0 Å². The van der Waals surface area contributed by atoms with Gasteiger partial charge in [0.25, 0.3) is 0 Å². The maximum Gasteiger partial charge on any atom is -0.0316 e. The molecule has 0 fully saturated rings. The van der Waals surface area contributed by atoms with Crippen LogP contribution in [0.5, 0.6) is 0 Å². The van der Waals surface area contributed by atoms with E-state index in [2.05, 4.69) is 38.2 Å². The normalized spacial score (nSPS) is 11.9. The number of rotatable bonds is 10. The van der Waals surface area contributed by atoms with E-state index in [9.17, 15) is 0 Å². The lowest BCUT2D eigenvalue weighted by Crippen LogP contribution is -1.71. The van der Waals surface area contributed by atoms with Crippen LogP contribution in [0, 0.1) is 6.92 Å². The molecular weight excluding hydrogens is 180 g/mol. The van der Waals surface area contributed by atoms with Gasteiger partial charge in [-0.3, -0.25) is 0 Å². The Bertz CT molecular complexity index is 153. The van der Waals surface area contributed by atoms with Gasteiger partial charge < -0.3 is 0 Å². The standard InChI is InChI=1S/C15H27/c1-3-5-7-9-11-13-15-14-12-10-8-6-4-2/h9,11-12,14H,1,3-8,10,13,15H2,2H3. The van der Waals surface area contributed by atoms with Crippen molar-refractivity contribution in [2.75, 3.05) is 0 Å². The van der Waals surface area contributed by atoms with E-state index in [1.54, 1.807) is 0 Å². The summed E-state index contributed by atoms with van der Waals surface area (Å²) in [6.07, 6.45) is 20.4. The highest BCUT2D eigenvalue weighted by Gasteiger charge is 1.82. The molecule has 87 valence electrons. The maximum atomic E-state index is 3.82. The highest BCUT2D eigenvalue weighted by molar-refractivity contribution is 4.88. The highest BCUT2D eigenvalue weighted by Crippen LogP contribution is 2.02. The summed E-state index contributed by atoms with van der Waals surface area (Å²) in [5, 5.41) is 0. The first kappa shape index (κ1) is 14.5. The Kier molecular flexibility index (Phi) is 13.0. The fraction of sp³-hybridized carbons (Fsp3) is 0.667. The summed E-state index contributed by atoms with van der Waals surface area (Å²) in [5.74, 6) is 0. The average molecular weight is 207 g/mol. The molecule has 15 heavy (non-hydrogen) atoms. The Hall–Kier alpha value is -0.520. The van der Waals surface area contributed by atoms with E-state index in [1.165, 1.54) is 51.4 Å². The lowest BCUT2D eigenvalue weighted by Gasteiger charge is -1.92. The van der Waals surface area contributed by atoms with Gasteiger partial charge in [0.2, 0.25) is 0 Å². The molecule has 0 nitrogen and oxygen atoms in total. The van der Waals surface area contributed by atoms with Gasteiger partial charge in [0.1, 0.15) is 0 Å². The Morgan fingerprint density at radius 1 is 0.733 bits per heavy atom. The molecule has 0 heteroatoms. The molecule has 0 aromatic carbocycles. The Labute approximate surface area is 96.5 Å². The molecule has 0 spiro atoms. The molecule has 1 radical (unpaired) electrons. The van der Waals surface area contributed by atoms with Gasteiger partial charge in [-0.15, -0.1) is 0 Å². The molecule has 0 rings (SSSR count). The van der Waals surface area contributed by atoms with Crippen molar-refractivity contribution in [1.82, 2.24) is 0 Å². The van der Waals surface area contributed by atoms with Crippen molar-refractivity contribution in [3.8, 4) is 0 Å². The van der Waals surface area contributed by atoms with E-state index in [4.69, 9.17) is 0 Å². The second-order valence-corrected chi connectivity index (χ2v) is 4.01. The van der Waals surface area contributed by atoms with Crippen molar-refractivity contribution in [2.24, 2.45) is 0 Å². The highest BCUT2D eigenvalue weighted by atomic mass is 13.9. The van der Waals surface area contributed by atoms with Gasteiger partial charge in [0, 0.05) is 0 Å². The number of allylic oxidation sites excluding steroid dienone is 4. The van der Waals surface area contributed by atoms with Gasteiger partial charge in [-0.2, -0.15) is 0 Å². The third-order valence-electron chi connectivity index (χ3n) is 2.43. The van der Waals surface area contributed by atoms with Crippen LogP contribution in [-0.2, 0) is 0 Å². The molecule has 0 aliphatic heterocycles. The third-order valence-corrected chi connectivity index (χ3v) is 2.43. The summed E-state index contributed by atoms with van der Waals surface area (Å²) >= 11 is 0. The molecule has 0 N–H and O–H groups in total. The van der Waals surface area contributed by atoms with Crippen molar-refractivity contribution >= 4 is 0 Å². The summed E-state index contributed by atoms with van der Waals surface area (Å²) in [4.78, 5) is 0. The molecule has 0 aliphatic carbocycles. The zero-order valence-corrected chi connectivity index (χ0v) is 10.4. The topological polar surface area (TPSA) is 0 Å². The minimum Gasteiger partial charge on any atom is -0.0885 e. The predicted molar refractivity (Wildman–Crippen MR) is 70.9 cm³/mol. The third kappa shape index (κ3) is 13.5. The van der Waals surface area contributed by atoms with E-state index < -0.39 is 0 Å². The first-order valence-corrected chi connectivity index (χ1v) is 6.51. The van der Waals surface area contributed by atoms with Crippen LogP contribution in [0.25, 0.3) is 0 Å². The van der Waals surface area contributed by atoms with Gasteiger partial charge in [-0.25, -0.2) is 0 Å². The van der Waals surface area contributed by atoms with Crippen LogP contribution in [0.2, 0.25) is 0 Å². The number of hydrogen-bond donors (Lipinski definition) is 0. The molecule has 0 atom stereocenters. The molecule has 0 bridgehead atoms. The van der Waals surface area contributed by atoms with Crippen LogP contribution in [0.1, 0.15) is 64.7 Å². The predicted octanol–water partition coefficient (Wildman–Crippen LogP) is 5.46. The molecule has 0 saturated heterocycles. The maximum absolute atomic E-state index is 3.82. The van der Waals surface area contributed by atoms with Gasteiger partial charge in [0.15, 0.2) is 0 Å². The summed E-state index contributed by atoms with van der Waals surface area (Å²) in [6, 6.07) is 0. The Morgan fingerprint density at radius 3 is 1.80 bits per heavy atom. The summed E-state index contributed by atoms with van der Waals surface area (Å²) in [6.45, 7) is 6.07. The second kappa shape index (κ2) is 13.5. The van der Waals surface area contributed by atoms with Gasteiger partial charge in [-0.1, -0.05) is 57.4 Å². The van der Waals surface area contributed by atoms with Gasteiger partial charge in [0.05, 0.1) is 0 Å². The van der Waals surface area contributed by atoms with Crippen molar-refractivity contribution in [3.63, 3.8) is 0 Å². The first-order valence-electron chi connectivity index (χ1n) is 6.51. The van der Waals surface area contributed by atoms with E-state index in [0.29, 0.717) is 0 Å². The van der Waals surface area contributed by atoms with Crippen LogP contribution < -0.4 is 0 Å². The SMILES string of the molecule is [CH2]CCCC=CCCC=CCCCCC. The zero-order chi connectivity index (χ0) is 11.2. The van der Waals surface area contributed by atoms with Crippen LogP contribution in [0.3, 0.4) is 0 Å². The fourth-order valence-corrected chi connectivity index (χ4v) is 1.44. The number of unbranched alkanes of at least 4 members (excludes halogenated alkanes) is 6. The minimum atomic E-state index is 1.06. The largest absolute Gasteiger partial charge is 0.0885 e. The lowest BCUT2D eigenvalue weighted by molar-refractivity contribution is 0.728. The number of hydrogen-bond acceptors (Lipinski definition) is 0. The molecular formula is C15H27. The molecule has 0 aromatic rings. The average Bonchev–Trinajstić information content (AvgIpc) is 2.26.